The lowest BCUT2D eigenvalue weighted by atomic mass is 10.2. The fraction of sp³-hybridized carbons (Fsp3) is 0.333. The van der Waals surface area contributed by atoms with Crippen LogP contribution in [0.4, 0.5) is 0 Å². The minimum absolute atomic E-state index is 0. The number of ether oxygens (including phenoxy) is 1. The van der Waals surface area contributed by atoms with Crippen molar-refractivity contribution in [2.24, 2.45) is 4.99 Å². The van der Waals surface area contributed by atoms with Crippen LogP contribution in [-0.2, 0) is 11.3 Å². The summed E-state index contributed by atoms with van der Waals surface area (Å²) in [7, 11) is 1.63. The monoisotopic (exact) mass is 528 g/mol. The number of methoxy groups -OCH3 is 1. The normalized spacial score (nSPS) is 10.6. The molecule has 2 rings (SSSR count). The van der Waals surface area contributed by atoms with E-state index in [9.17, 15) is 4.79 Å². The van der Waals surface area contributed by atoms with Crippen LogP contribution in [0, 0.1) is 0 Å². The van der Waals surface area contributed by atoms with Crippen LogP contribution >= 0.6 is 35.7 Å². The van der Waals surface area contributed by atoms with Crippen LogP contribution in [0.25, 0.3) is 0 Å². The van der Waals surface area contributed by atoms with Gasteiger partial charge in [0.2, 0.25) is 5.91 Å². The van der Waals surface area contributed by atoms with E-state index in [0.29, 0.717) is 12.5 Å². The molecule has 0 atom stereocenters. The third kappa shape index (κ3) is 10.4. The molecule has 0 aromatic heterocycles. The molecule has 158 valence electrons. The highest BCUT2D eigenvalue weighted by Gasteiger charge is 2.03. The minimum atomic E-state index is -0.119. The number of rotatable bonds is 10. The Labute approximate surface area is 194 Å². The average Bonchev–Trinajstić information content (AvgIpc) is 2.74. The standard InChI is InChI=1S/C21H28N4O2S.HI/c1-3-22-21(23-13-14-28-19-7-5-4-6-8-19)25-16-20(26)24-15-17-9-11-18(27-2)12-10-17;/h4-12H,3,13-16H2,1-2H3,(H,24,26)(H2,22,23,25);1H. The van der Waals surface area contributed by atoms with Crippen LogP contribution in [0.15, 0.2) is 64.5 Å². The minimum Gasteiger partial charge on any atom is -0.497 e. The third-order valence-electron chi connectivity index (χ3n) is 3.78. The summed E-state index contributed by atoms with van der Waals surface area (Å²) in [6, 6.07) is 17.9. The summed E-state index contributed by atoms with van der Waals surface area (Å²) < 4.78 is 5.13. The van der Waals surface area contributed by atoms with Crippen molar-refractivity contribution in [3.8, 4) is 5.75 Å². The Morgan fingerprint density at radius 2 is 1.76 bits per heavy atom. The topological polar surface area (TPSA) is 74.8 Å². The van der Waals surface area contributed by atoms with Crippen molar-refractivity contribution in [2.45, 2.75) is 18.4 Å². The van der Waals surface area contributed by atoms with Crippen LogP contribution in [0.1, 0.15) is 12.5 Å². The first-order valence-electron chi connectivity index (χ1n) is 9.31. The van der Waals surface area contributed by atoms with E-state index in [4.69, 9.17) is 4.74 Å². The van der Waals surface area contributed by atoms with Gasteiger partial charge < -0.3 is 20.7 Å². The molecule has 0 saturated carbocycles. The highest BCUT2D eigenvalue weighted by Crippen LogP contribution is 2.15. The molecule has 8 heteroatoms. The third-order valence-corrected chi connectivity index (χ3v) is 4.79. The van der Waals surface area contributed by atoms with Crippen LogP contribution < -0.4 is 20.7 Å². The second-order valence-corrected chi connectivity index (χ2v) is 7.08. The van der Waals surface area contributed by atoms with Gasteiger partial charge in [0.25, 0.3) is 0 Å². The van der Waals surface area contributed by atoms with Crippen LogP contribution in [0.5, 0.6) is 5.75 Å². The maximum atomic E-state index is 12.1. The quantitative estimate of drug-likeness (QED) is 0.145. The number of nitrogens with one attached hydrogen (secondary N) is 3. The van der Waals surface area contributed by atoms with Crippen LogP contribution in [0.2, 0.25) is 0 Å². The molecule has 0 fully saturated rings. The molecular weight excluding hydrogens is 499 g/mol. The van der Waals surface area contributed by atoms with E-state index < -0.39 is 0 Å². The van der Waals surface area contributed by atoms with Crippen LogP contribution in [-0.4, -0.2) is 44.4 Å². The Morgan fingerprint density at radius 1 is 1.03 bits per heavy atom. The van der Waals surface area contributed by atoms with Gasteiger partial charge in [-0.25, -0.2) is 4.99 Å². The van der Waals surface area contributed by atoms with Crippen molar-refractivity contribution in [1.82, 2.24) is 16.0 Å². The Morgan fingerprint density at radius 3 is 2.41 bits per heavy atom. The number of hydrogen-bond acceptors (Lipinski definition) is 4. The molecule has 2 aromatic rings. The number of aliphatic imine (C=N–C) groups is 1. The summed E-state index contributed by atoms with van der Waals surface area (Å²) >= 11 is 1.78. The molecule has 3 N–H and O–H groups in total. The maximum absolute atomic E-state index is 12.1. The zero-order chi connectivity index (χ0) is 20.0. The van der Waals surface area contributed by atoms with E-state index in [1.165, 1.54) is 4.90 Å². The second kappa shape index (κ2) is 15.0. The molecule has 6 nitrogen and oxygen atoms in total. The number of guanidine groups is 1. The molecule has 0 spiro atoms. The fourth-order valence-electron chi connectivity index (χ4n) is 2.35. The first-order chi connectivity index (χ1) is 13.7. The van der Waals surface area contributed by atoms with Gasteiger partial charge >= 0.3 is 0 Å². The van der Waals surface area contributed by atoms with E-state index in [0.717, 1.165) is 30.2 Å². The molecule has 0 unspecified atom stereocenters. The van der Waals surface area contributed by atoms with Crippen LogP contribution in [0.3, 0.4) is 0 Å². The van der Waals surface area contributed by atoms with Crippen molar-refractivity contribution in [3.05, 3.63) is 60.2 Å². The Bertz CT molecular complexity index is 742. The van der Waals surface area contributed by atoms with Gasteiger partial charge in [0.1, 0.15) is 12.3 Å². The van der Waals surface area contributed by atoms with E-state index in [2.05, 4.69) is 33.1 Å². The van der Waals surface area contributed by atoms with E-state index >= 15 is 0 Å². The first-order valence-corrected chi connectivity index (χ1v) is 10.3. The van der Waals surface area contributed by atoms with Gasteiger partial charge in [0, 0.05) is 30.3 Å². The number of halogens is 1. The molecule has 0 radical (unpaired) electrons. The molecule has 0 aliphatic rings. The van der Waals surface area contributed by atoms with Gasteiger partial charge in [-0.05, 0) is 36.8 Å². The number of nitrogens with zero attached hydrogens (tertiary/aromatic N) is 1. The predicted molar refractivity (Wildman–Crippen MR) is 131 cm³/mol. The molecule has 2 aromatic carbocycles. The van der Waals surface area contributed by atoms with Gasteiger partial charge in [-0.1, -0.05) is 30.3 Å². The summed E-state index contributed by atoms with van der Waals surface area (Å²) in [5.74, 6) is 2.24. The van der Waals surface area contributed by atoms with Gasteiger partial charge in [0.15, 0.2) is 5.96 Å². The van der Waals surface area contributed by atoms with Gasteiger partial charge in [-0.3, -0.25) is 4.79 Å². The van der Waals surface area contributed by atoms with Gasteiger partial charge in [0.05, 0.1) is 7.11 Å². The lowest BCUT2D eigenvalue weighted by Gasteiger charge is -2.11. The fourth-order valence-corrected chi connectivity index (χ4v) is 3.14. The largest absolute Gasteiger partial charge is 0.497 e. The molecule has 29 heavy (non-hydrogen) atoms. The summed E-state index contributed by atoms with van der Waals surface area (Å²) in [4.78, 5) is 17.7. The lowest BCUT2D eigenvalue weighted by Crippen LogP contribution is -2.39. The van der Waals surface area contributed by atoms with Gasteiger partial charge in [-0.15, -0.1) is 35.7 Å². The highest BCUT2D eigenvalue weighted by atomic mass is 127. The Hall–Kier alpha value is -1.94. The van der Waals surface area contributed by atoms with Gasteiger partial charge in [-0.2, -0.15) is 0 Å². The Kier molecular flexibility index (Phi) is 13.0. The molecular formula is C21H29IN4O2S. The number of carbonyl (C=O) groups is 1. The molecule has 0 bridgehead atoms. The number of carbonyl (C=O) groups excluding carboxylic acids is 1. The molecule has 1 amide bonds. The molecule has 0 heterocycles. The summed E-state index contributed by atoms with van der Waals surface area (Å²) in [6.07, 6.45) is 0. The number of amides is 1. The lowest BCUT2D eigenvalue weighted by molar-refractivity contribution is -0.119. The van der Waals surface area contributed by atoms with Crippen molar-refractivity contribution in [3.63, 3.8) is 0 Å². The van der Waals surface area contributed by atoms with E-state index in [1.54, 1.807) is 18.9 Å². The maximum Gasteiger partial charge on any atom is 0.242 e. The van der Waals surface area contributed by atoms with Crippen molar-refractivity contribution >= 4 is 47.6 Å². The smallest absolute Gasteiger partial charge is 0.242 e. The first kappa shape index (κ1) is 25.1. The average molecular weight is 528 g/mol. The molecule has 0 aliphatic carbocycles. The van der Waals surface area contributed by atoms with Crippen molar-refractivity contribution < 1.29 is 9.53 Å². The zero-order valence-corrected chi connectivity index (χ0v) is 20.0. The summed E-state index contributed by atoms with van der Waals surface area (Å²) in [5.41, 5.74) is 1.01. The Balaban J connectivity index is 0.00000420. The zero-order valence-electron chi connectivity index (χ0n) is 16.8. The van der Waals surface area contributed by atoms with E-state index in [-0.39, 0.29) is 36.4 Å². The second-order valence-electron chi connectivity index (χ2n) is 5.91. The number of hydrogen-bond donors (Lipinski definition) is 3. The summed E-state index contributed by atoms with van der Waals surface area (Å²) in [5, 5.41) is 9.29. The molecule has 0 saturated heterocycles. The van der Waals surface area contributed by atoms with Crippen molar-refractivity contribution in [2.75, 3.05) is 32.5 Å². The number of thioether (sulfide) groups is 1. The SMILES string of the molecule is CCNC(=NCC(=O)NCc1ccc(OC)cc1)NCCSc1ccccc1.I. The highest BCUT2D eigenvalue weighted by molar-refractivity contribution is 14.0. The number of benzene rings is 2. The van der Waals surface area contributed by atoms with Crippen molar-refractivity contribution in [1.29, 1.82) is 0 Å². The van der Waals surface area contributed by atoms with E-state index in [1.807, 2.05) is 49.4 Å². The predicted octanol–water partition coefficient (Wildman–Crippen LogP) is 3.28. The summed E-state index contributed by atoms with van der Waals surface area (Å²) in [6.45, 7) is 4.05. The molecule has 0 aliphatic heterocycles.